The van der Waals surface area contributed by atoms with Gasteiger partial charge in [-0.1, -0.05) is 48.5 Å². The third kappa shape index (κ3) is 2.89. The maximum Gasteiger partial charge on any atom is 0.307 e. The van der Waals surface area contributed by atoms with Gasteiger partial charge < -0.3 is 5.11 Å². The number of nitrogens with zero attached hydrogens (tertiary/aromatic N) is 1. The number of carbonyl (C=O) groups is 1. The van der Waals surface area contributed by atoms with Crippen molar-refractivity contribution in [2.45, 2.75) is 26.1 Å². The topological polar surface area (TPSA) is 40.5 Å². The summed E-state index contributed by atoms with van der Waals surface area (Å²) in [6.45, 7) is 2.89. The van der Waals surface area contributed by atoms with Gasteiger partial charge in [-0.15, -0.1) is 0 Å². The number of hydrogen-bond acceptors (Lipinski definition) is 2. The third-order valence-corrected chi connectivity index (χ3v) is 3.69. The number of aliphatic carboxylic acids is 1. The van der Waals surface area contributed by atoms with Crippen LogP contribution >= 0.6 is 0 Å². The molecule has 3 heteroatoms. The van der Waals surface area contributed by atoms with Gasteiger partial charge in [-0.05, 0) is 22.3 Å². The highest BCUT2D eigenvalue weighted by atomic mass is 16.4. The summed E-state index contributed by atoms with van der Waals surface area (Å²) in [5, 5.41) is 8.76. The lowest BCUT2D eigenvalue weighted by molar-refractivity contribution is -0.136. The number of hydrogen-bond donors (Lipinski definition) is 1. The minimum Gasteiger partial charge on any atom is -0.481 e. The van der Waals surface area contributed by atoms with E-state index in [-0.39, 0.29) is 6.42 Å². The van der Waals surface area contributed by atoms with Crippen LogP contribution in [-0.4, -0.2) is 16.0 Å². The smallest absolute Gasteiger partial charge is 0.307 e. The first-order valence-electron chi connectivity index (χ1n) is 6.79. The lowest BCUT2D eigenvalue weighted by Crippen LogP contribution is -2.15. The van der Waals surface area contributed by atoms with Crippen LogP contribution in [0.1, 0.15) is 22.3 Å². The first-order chi connectivity index (χ1) is 9.70. The minimum atomic E-state index is -0.784. The fourth-order valence-corrected chi connectivity index (χ4v) is 2.71. The molecule has 1 aliphatic rings. The predicted molar refractivity (Wildman–Crippen MR) is 77.2 cm³/mol. The Balaban J connectivity index is 1.63. The Morgan fingerprint density at radius 2 is 1.50 bits per heavy atom. The summed E-state index contributed by atoms with van der Waals surface area (Å²) in [5.74, 6) is -0.784. The molecule has 0 amide bonds. The molecule has 102 valence electrons. The Labute approximate surface area is 118 Å². The van der Waals surface area contributed by atoms with Crippen molar-refractivity contribution < 1.29 is 9.90 Å². The van der Waals surface area contributed by atoms with Crippen molar-refractivity contribution in [1.29, 1.82) is 0 Å². The Hall–Kier alpha value is -2.13. The Kier molecular flexibility index (Phi) is 3.52. The molecule has 20 heavy (non-hydrogen) atoms. The van der Waals surface area contributed by atoms with Crippen LogP contribution in [0.4, 0.5) is 0 Å². The van der Waals surface area contributed by atoms with Crippen molar-refractivity contribution in [1.82, 2.24) is 4.90 Å². The Bertz CT molecular complexity index is 594. The van der Waals surface area contributed by atoms with E-state index < -0.39 is 5.97 Å². The van der Waals surface area contributed by atoms with Crippen LogP contribution in [0.15, 0.2) is 48.5 Å². The normalized spacial score (nSPS) is 14.2. The van der Waals surface area contributed by atoms with E-state index >= 15 is 0 Å². The summed E-state index contributed by atoms with van der Waals surface area (Å²) >= 11 is 0. The molecule has 2 aromatic carbocycles. The van der Waals surface area contributed by atoms with E-state index in [1.807, 2.05) is 24.3 Å². The number of rotatable bonds is 4. The number of carboxylic acid groups (broad SMARTS) is 1. The number of fused-ring (bicyclic) bond motifs is 1. The zero-order valence-corrected chi connectivity index (χ0v) is 11.2. The Morgan fingerprint density at radius 3 is 2.05 bits per heavy atom. The lowest BCUT2D eigenvalue weighted by Gasteiger charge is -2.15. The van der Waals surface area contributed by atoms with Crippen LogP contribution in [0.5, 0.6) is 0 Å². The van der Waals surface area contributed by atoms with Gasteiger partial charge in [-0.3, -0.25) is 9.69 Å². The molecule has 0 spiro atoms. The summed E-state index contributed by atoms with van der Waals surface area (Å²) in [6, 6.07) is 16.4. The van der Waals surface area contributed by atoms with E-state index in [1.54, 1.807) is 0 Å². The molecule has 0 aliphatic carbocycles. The quantitative estimate of drug-likeness (QED) is 0.926. The SMILES string of the molecule is O=C(O)Cc1ccc(CN2Cc3ccccc3C2)cc1. The van der Waals surface area contributed by atoms with Crippen LogP contribution in [0.2, 0.25) is 0 Å². The summed E-state index contributed by atoms with van der Waals surface area (Å²) in [5.41, 5.74) is 4.91. The maximum atomic E-state index is 10.6. The average molecular weight is 267 g/mol. The monoisotopic (exact) mass is 267 g/mol. The van der Waals surface area contributed by atoms with E-state index in [1.165, 1.54) is 16.7 Å². The molecular formula is C17H17NO2. The first kappa shape index (κ1) is 12.9. The average Bonchev–Trinajstić information content (AvgIpc) is 2.82. The van der Waals surface area contributed by atoms with Gasteiger partial charge in [-0.25, -0.2) is 0 Å². The largest absolute Gasteiger partial charge is 0.481 e. The number of carboxylic acids is 1. The second-order valence-corrected chi connectivity index (χ2v) is 5.30. The first-order valence-corrected chi connectivity index (χ1v) is 6.79. The molecule has 0 atom stereocenters. The molecule has 0 bridgehead atoms. The van der Waals surface area contributed by atoms with Crippen molar-refractivity contribution >= 4 is 5.97 Å². The molecule has 1 aliphatic heterocycles. The molecule has 0 saturated carbocycles. The van der Waals surface area contributed by atoms with Gasteiger partial charge in [0.2, 0.25) is 0 Å². The van der Waals surface area contributed by atoms with Crippen molar-refractivity contribution in [2.24, 2.45) is 0 Å². The Morgan fingerprint density at radius 1 is 0.950 bits per heavy atom. The molecule has 0 aromatic heterocycles. The second-order valence-electron chi connectivity index (χ2n) is 5.30. The molecule has 0 radical (unpaired) electrons. The summed E-state index contributed by atoms with van der Waals surface area (Å²) in [4.78, 5) is 13.0. The predicted octanol–water partition coefficient (Wildman–Crippen LogP) is 2.83. The van der Waals surface area contributed by atoms with E-state index in [0.29, 0.717) is 0 Å². The highest BCUT2D eigenvalue weighted by molar-refractivity contribution is 5.70. The molecule has 3 rings (SSSR count). The van der Waals surface area contributed by atoms with E-state index in [4.69, 9.17) is 5.11 Å². The molecule has 2 aromatic rings. The molecule has 0 unspecified atom stereocenters. The fraction of sp³-hybridized carbons (Fsp3) is 0.235. The van der Waals surface area contributed by atoms with E-state index in [0.717, 1.165) is 25.2 Å². The lowest BCUT2D eigenvalue weighted by atomic mass is 10.1. The molecular weight excluding hydrogens is 250 g/mol. The molecule has 0 fully saturated rings. The van der Waals surface area contributed by atoms with Crippen LogP contribution in [0.25, 0.3) is 0 Å². The number of benzene rings is 2. The maximum absolute atomic E-state index is 10.6. The van der Waals surface area contributed by atoms with Crippen molar-refractivity contribution in [3.63, 3.8) is 0 Å². The summed E-state index contributed by atoms with van der Waals surface area (Å²) in [6.07, 6.45) is 0.0927. The van der Waals surface area contributed by atoms with Crippen molar-refractivity contribution in [2.75, 3.05) is 0 Å². The van der Waals surface area contributed by atoms with Gasteiger partial charge in [-0.2, -0.15) is 0 Å². The minimum absolute atomic E-state index is 0.0927. The molecule has 0 saturated heterocycles. The highest BCUT2D eigenvalue weighted by Gasteiger charge is 2.17. The van der Waals surface area contributed by atoms with E-state index in [9.17, 15) is 4.79 Å². The van der Waals surface area contributed by atoms with Crippen LogP contribution < -0.4 is 0 Å². The molecule has 3 nitrogen and oxygen atoms in total. The zero-order chi connectivity index (χ0) is 13.9. The van der Waals surface area contributed by atoms with Gasteiger partial charge in [0.1, 0.15) is 0 Å². The van der Waals surface area contributed by atoms with Crippen LogP contribution in [-0.2, 0) is 30.8 Å². The molecule has 1 N–H and O–H groups in total. The van der Waals surface area contributed by atoms with Gasteiger partial charge in [0, 0.05) is 19.6 Å². The van der Waals surface area contributed by atoms with Gasteiger partial charge in [0.15, 0.2) is 0 Å². The molecule has 1 heterocycles. The third-order valence-electron chi connectivity index (χ3n) is 3.69. The van der Waals surface area contributed by atoms with Crippen molar-refractivity contribution in [3.8, 4) is 0 Å². The van der Waals surface area contributed by atoms with Gasteiger partial charge >= 0.3 is 5.97 Å². The second kappa shape index (κ2) is 5.47. The van der Waals surface area contributed by atoms with Gasteiger partial charge in [0.05, 0.1) is 6.42 Å². The standard InChI is InChI=1S/C17H17NO2/c19-17(20)9-13-5-7-14(8-6-13)10-18-11-15-3-1-2-4-16(15)12-18/h1-8H,9-12H2,(H,19,20). The van der Waals surface area contributed by atoms with E-state index in [2.05, 4.69) is 29.2 Å². The fourth-order valence-electron chi connectivity index (χ4n) is 2.71. The zero-order valence-electron chi connectivity index (χ0n) is 11.2. The highest BCUT2D eigenvalue weighted by Crippen LogP contribution is 2.23. The summed E-state index contributed by atoms with van der Waals surface area (Å²) in [7, 11) is 0. The van der Waals surface area contributed by atoms with Gasteiger partial charge in [0.25, 0.3) is 0 Å². The van der Waals surface area contributed by atoms with Crippen molar-refractivity contribution in [3.05, 3.63) is 70.8 Å². The van der Waals surface area contributed by atoms with Crippen LogP contribution in [0.3, 0.4) is 0 Å². The summed E-state index contributed by atoms with van der Waals surface area (Å²) < 4.78 is 0. The van der Waals surface area contributed by atoms with Crippen LogP contribution in [0, 0.1) is 0 Å².